The highest BCUT2D eigenvalue weighted by Crippen LogP contribution is 2.41. The number of imide groups is 1. The Labute approximate surface area is 203 Å². The Hall–Kier alpha value is -4.99. The van der Waals surface area contributed by atoms with Crippen LogP contribution in [0.5, 0.6) is 5.75 Å². The first-order valence-electron chi connectivity index (χ1n) is 10.7. The van der Waals surface area contributed by atoms with Gasteiger partial charge in [-0.1, -0.05) is 30.3 Å². The van der Waals surface area contributed by atoms with E-state index < -0.39 is 23.8 Å². The van der Waals surface area contributed by atoms with Gasteiger partial charge in [0.2, 0.25) is 0 Å². The van der Waals surface area contributed by atoms with Crippen LogP contribution >= 0.6 is 0 Å². The molecule has 0 atom stereocenters. The van der Waals surface area contributed by atoms with Crippen LogP contribution in [-0.2, 0) is 19.2 Å². The van der Waals surface area contributed by atoms with Crippen molar-refractivity contribution in [1.82, 2.24) is 5.06 Å². The summed E-state index contributed by atoms with van der Waals surface area (Å²) < 4.78 is 5.72. The lowest BCUT2D eigenvalue weighted by atomic mass is 9.91. The van der Waals surface area contributed by atoms with E-state index in [0.717, 1.165) is 6.92 Å². The molecule has 0 aromatic heterocycles. The van der Waals surface area contributed by atoms with Gasteiger partial charge in [0.25, 0.3) is 11.8 Å². The Morgan fingerprint density at radius 1 is 0.944 bits per heavy atom. The molecule has 2 heterocycles. The van der Waals surface area contributed by atoms with E-state index in [4.69, 9.17) is 4.42 Å². The highest BCUT2D eigenvalue weighted by atomic mass is 16.7. The van der Waals surface area contributed by atoms with E-state index in [1.54, 1.807) is 30.3 Å². The third kappa shape index (κ3) is 4.78. The SMILES string of the molecule is CC(=O)ON1C(=O)CCC1=O.O=C(O)c1ccccc1-c1c2ccc(=O)cc-2oc2cc([O-])ccc12. The molecule has 10 heteroatoms. The summed E-state index contributed by atoms with van der Waals surface area (Å²) in [6, 6.07) is 15.3. The van der Waals surface area contributed by atoms with Gasteiger partial charge in [-0.05, 0) is 29.8 Å². The average molecular weight is 488 g/mol. The smallest absolute Gasteiger partial charge is 0.336 e. The van der Waals surface area contributed by atoms with Gasteiger partial charge in [-0.2, -0.15) is 0 Å². The lowest BCUT2D eigenvalue weighted by molar-refractivity contribution is -0.268. The van der Waals surface area contributed by atoms with Crippen LogP contribution in [0.2, 0.25) is 0 Å². The summed E-state index contributed by atoms with van der Waals surface area (Å²) >= 11 is 0. The minimum Gasteiger partial charge on any atom is -0.872 e. The molecule has 10 nitrogen and oxygen atoms in total. The van der Waals surface area contributed by atoms with Crippen LogP contribution in [0.3, 0.4) is 0 Å². The first-order valence-corrected chi connectivity index (χ1v) is 10.7. The Morgan fingerprint density at radius 3 is 2.31 bits per heavy atom. The van der Waals surface area contributed by atoms with Gasteiger partial charge in [0.05, 0.1) is 5.56 Å². The van der Waals surface area contributed by atoms with Crippen molar-refractivity contribution >= 4 is 34.7 Å². The number of carboxylic acid groups (broad SMARTS) is 1. The number of carboxylic acids is 1. The molecular weight excluding hydrogens is 470 g/mol. The summed E-state index contributed by atoms with van der Waals surface area (Å²) in [6.07, 6.45) is 0.262. The molecule has 0 radical (unpaired) electrons. The summed E-state index contributed by atoms with van der Waals surface area (Å²) in [5.74, 6) is -2.55. The molecule has 2 aliphatic heterocycles. The van der Waals surface area contributed by atoms with Gasteiger partial charge >= 0.3 is 11.9 Å². The number of amides is 2. The van der Waals surface area contributed by atoms with Crippen molar-refractivity contribution in [2.75, 3.05) is 0 Å². The summed E-state index contributed by atoms with van der Waals surface area (Å²) in [7, 11) is 0. The fourth-order valence-corrected chi connectivity index (χ4v) is 3.82. The van der Waals surface area contributed by atoms with Crippen LogP contribution in [0, 0.1) is 0 Å². The first-order chi connectivity index (χ1) is 17.2. The van der Waals surface area contributed by atoms with Crippen molar-refractivity contribution in [1.29, 1.82) is 0 Å². The fraction of sp³-hybridized carbons (Fsp3) is 0.115. The lowest BCUT2D eigenvalue weighted by Crippen LogP contribution is -2.30. The van der Waals surface area contributed by atoms with Gasteiger partial charge < -0.3 is 19.5 Å². The molecule has 0 unspecified atom stereocenters. The van der Waals surface area contributed by atoms with Crippen molar-refractivity contribution in [3.05, 3.63) is 76.5 Å². The second kappa shape index (κ2) is 9.71. The average Bonchev–Trinajstić information content (AvgIpc) is 3.14. The van der Waals surface area contributed by atoms with Crippen molar-refractivity contribution in [3.8, 4) is 28.2 Å². The van der Waals surface area contributed by atoms with Crippen LogP contribution in [-0.4, -0.2) is 33.9 Å². The quantitative estimate of drug-likeness (QED) is 0.338. The Morgan fingerprint density at radius 2 is 1.64 bits per heavy atom. The van der Waals surface area contributed by atoms with Crippen molar-refractivity contribution in [3.63, 3.8) is 0 Å². The standard InChI is InChI=1S/C20H12O5.C6H7NO4/c21-11-5-7-15-17(9-11)25-18-10-12(22)6-8-16(18)19(15)13-3-1-2-4-14(13)20(23)24;1-4(8)11-7-5(9)2-3-6(7)10/h1-10,21H,(H,23,24);2-3H2,1H3/p-1. The van der Waals surface area contributed by atoms with E-state index in [2.05, 4.69) is 4.84 Å². The monoisotopic (exact) mass is 488 g/mol. The Kier molecular flexibility index (Phi) is 6.51. The lowest BCUT2D eigenvalue weighted by Gasteiger charge is -2.17. The maximum absolute atomic E-state index is 11.7. The number of aromatic carboxylic acids is 1. The third-order valence-corrected chi connectivity index (χ3v) is 5.32. The molecule has 1 N–H and O–H groups in total. The zero-order valence-electron chi connectivity index (χ0n) is 18.8. The maximum Gasteiger partial charge on any atom is 0.336 e. The molecule has 1 fully saturated rings. The first kappa shape index (κ1) is 24.1. The molecule has 36 heavy (non-hydrogen) atoms. The van der Waals surface area contributed by atoms with E-state index in [1.807, 2.05) is 0 Å². The van der Waals surface area contributed by atoms with Crippen molar-refractivity contribution in [2.24, 2.45) is 0 Å². The number of hydrogen-bond donors (Lipinski definition) is 1. The zero-order valence-corrected chi connectivity index (χ0v) is 18.8. The molecule has 2 aromatic carbocycles. The molecule has 2 amide bonds. The largest absolute Gasteiger partial charge is 0.872 e. The molecule has 0 saturated carbocycles. The topological polar surface area (TPSA) is 154 Å². The number of hydroxylamine groups is 2. The molecule has 0 spiro atoms. The number of carbonyl (C=O) groups is 4. The Balaban J connectivity index is 0.000000233. The van der Waals surface area contributed by atoms with Gasteiger partial charge in [-0.3, -0.25) is 14.4 Å². The summed E-state index contributed by atoms with van der Waals surface area (Å²) in [4.78, 5) is 59.5. The highest BCUT2D eigenvalue weighted by Gasteiger charge is 2.31. The van der Waals surface area contributed by atoms with E-state index in [9.17, 15) is 34.2 Å². The molecule has 0 bridgehead atoms. The summed E-state index contributed by atoms with van der Waals surface area (Å²) in [5.41, 5.74) is 1.94. The van der Waals surface area contributed by atoms with Crippen molar-refractivity contribution < 1.29 is 38.6 Å². The van der Waals surface area contributed by atoms with E-state index >= 15 is 0 Å². The van der Waals surface area contributed by atoms with E-state index in [1.165, 1.54) is 30.3 Å². The number of benzene rings is 3. The fourth-order valence-electron chi connectivity index (χ4n) is 3.82. The van der Waals surface area contributed by atoms with Crippen LogP contribution in [0.25, 0.3) is 33.4 Å². The summed E-state index contributed by atoms with van der Waals surface area (Å²) in [6.45, 7) is 1.14. The number of hydrogen-bond acceptors (Lipinski definition) is 8. The van der Waals surface area contributed by atoms with Gasteiger partial charge in [-0.15, -0.1) is 10.8 Å². The minimum absolute atomic E-state index is 0.131. The number of carbonyl (C=O) groups excluding carboxylic acids is 3. The second-order valence-electron chi connectivity index (χ2n) is 7.81. The zero-order chi connectivity index (χ0) is 26.0. The number of nitrogens with zero attached hydrogens (tertiary/aromatic N) is 1. The number of fused-ring (bicyclic) bond motifs is 2. The molecular formula is C26H18NO9-. The van der Waals surface area contributed by atoms with Gasteiger partial charge in [0.1, 0.15) is 11.3 Å². The normalized spacial score (nSPS) is 13.0. The number of rotatable bonds is 3. The molecule has 1 saturated heterocycles. The van der Waals surface area contributed by atoms with E-state index in [-0.39, 0.29) is 29.6 Å². The minimum atomic E-state index is -1.06. The molecule has 2 aromatic rings. The Bertz CT molecular complexity index is 1540. The van der Waals surface area contributed by atoms with Gasteiger partial charge in [0.15, 0.2) is 5.43 Å². The van der Waals surface area contributed by atoms with Gasteiger partial charge in [0, 0.05) is 42.3 Å². The molecule has 1 aliphatic carbocycles. The van der Waals surface area contributed by atoms with Gasteiger partial charge in [-0.25, -0.2) is 9.59 Å². The maximum atomic E-state index is 11.7. The van der Waals surface area contributed by atoms with Crippen LogP contribution in [0.1, 0.15) is 30.1 Å². The summed E-state index contributed by atoms with van der Waals surface area (Å²) in [5, 5.41) is 22.4. The third-order valence-electron chi connectivity index (χ3n) is 5.32. The molecule has 5 rings (SSSR count). The van der Waals surface area contributed by atoms with E-state index in [0.29, 0.717) is 38.5 Å². The predicted octanol–water partition coefficient (Wildman–Crippen LogP) is 2.95. The highest BCUT2D eigenvalue weighted by molar-refractivity contribution is 6.07. The molecule has 182 valence electrons. The van der Waals surface area contributed by atoms with Crippen molar-refractivity contribution in [2.45, 2.75) is 19.8 Å². The second-order valence-corrected chi connectivity index (χ2v) is 7.81. The molecule has 3 aliphatic rings. The van der Waals surface area contributed by atoms with Crippen LogP contribution in [0.4, 0.5) is 0 Å². The predicted molar refractivity (Wildman–Crippen MR) is 124 cm³/mol. The van der Waals surface area contributed by atoms with Crippen LogP contribution < -0.4 is 10.5 Å². The van der Waals surface area contributed by atoms with Crippen LogP contribution in [0.15, 0.2) is 69.9 Å².